The van der Waals surface area contributed by atoms with E-state index in [1.165, 1.54) is 6.42 Å². The number of ether oxygens (including phenoxy) is 2. The zero-order chi connectivity index (χ0) is 20.4. The van der Waals surface area contributed by atoms with Gasteiger partial charge in [-0.2, -0.15) is 8.78 Å². The maximum absolute atomic E-state index is 12.6. The first-order chi connectivity index (χ1) is 13.5. The maximum atomic E-state index is 12.6. The Balaban J connectivity index is 1.99. The van der Waals surface area contributed by atoms with Gasteiger partial charge >= 0.3 is 6.61 Å². The lowest BCUT2D eigenvalue weighted by Gasteiger charge is -2.25. The number of hydrogen-bond acceptors (Lipinski definition) is 4. The second-order valence-electron chi connectivity index (χ2n) is 6.89. The molecule has 0 saturated carbocycles. The number of aryl methyl sites for hydroxylation is 1. The quantitative estimate of drug-likeness (QED) is 0.469. The molecule has 6 nitrogen and oxygen atoms in total. The molecule has 0 aromatic heterocycles. The van der Waals surface area contributed by atoms with Crippen LogP contribution in [0.15, 0.2) is 23.2 Å². The molecule has 0 bridgehead atoms. The van der Waals surface area contributed by atoms with Gasteiger partial charge in [0.25, 0.3) is 0 Å². The molecule has 1 aromatic rings. The van der Waals surface area contributed by atoms with E-state index in [4.69, 9.17) is 4.74 Å². The first kappa shape index (κ1) is 22.4. The van der Waals surface area contributed by atoms with Gasteiger partial charge in [0.05, 0.1) is 13.2 Å². The molecule has 1 aromatic carbocycles. The van der Waals surface area contributed by atoms with Gasteiger partial charge in [-0.25, -0.2) is 4.99 Å². The van der Waals surface area contributed by atoms with Crippen molar-refractivity contribution in [2.45, 2.75) is 45.9 Å². The fourth-order valence-corrected chi connectivity index (χ4v) is 3.39. The van der Waals surface area contributed by atoms with Crippen LogP contribution in [0.25, 0.3) is 0 Å². The Bertz CT molecular complexity index is 628. The van der Waals surface area contributed by atoms with Crippen molar-refractivity contribution in [1.82, 2.24) is 15.5 Å². The summed E-state index contributed by atoms with van der Waals surface area (Å²) in [7, 11) is 1.72. The molecule has 0 radical (unpaired) electrons. The normalized spacial score (nSPS) is 17.9. The third kappa shape index (κ3) is 7.24. The van der Waals surface area contributed by atoms with Crippen LogP contribution in [-0.2, 0) is 11.3 Å². The minimum absolute atomic E-state index is 0.168. The Kier molecular flexibility index (Phi) is 9.43. The van der Waals surface area contributed by atoms with E-state index in [1.54, 1.807) is 19.2 Å². The molecule has 158 valence electrons. The van der Waals surface area contributed by atoms with Crippen molar-refractivity contribution in [3.63, 3.8) is 0 Å². The summed E-state index contributed by atoms with van der Waals surface area (Å²) in [6.45, 7) is 5.56. The summed E-state index contributed by atoms with van der Waals surface area (Å²) in [6, 6.07) is 5.59. The van der Waals surface area contributed by atoms with E-state index in [2.05, 4.69) is 25.3 Å². The highest BCUT2D eigenvalue weighted by atomic mass is 19.3. The predicted octanol–water partition coefficient (Wildman–Crippen LogP) is 2.76. The summed E-state index contributed by atoms with van der Waals surface area (Å²) in [5.74, 6) is 0.840. The number of nitrogens with zero attached hydrogens (tertiary/aromatic N) is 2. The highest BCUT2D eigenvalue weighted by molar-refractivity contribution is 5.79. The van der Waals surface area contributed by atoms with E-state index in [9.17, 15) is 8.78 Å². The molecule has 1 fully saturated rings. The molecule has 2 N–H and O–H groups in total. The number of alkyl halides is 2. The maximum Gasteiger partial charge on any atom is 0.387 e. The summed E-state index contributed by atoms with van der Waals surface area (Å²) >= 11 is 0. The molecular weight excluding hydrogens is 366 g/mol. The number of benzene rings is 1. The number of aliphatic imine (C=N–C) groups is 1. The monoisotopic (exact) mass is 398 g/mol. The second-order valence-corrected chi connectivity index (χ2v) is 6.89. The lowest BCUT2D eigenvalue weighted by Crippen LogP contribution is -2.45. The molecule has 0 spiro atoms. The van der Waals surface area contributed by atoms with E-state index in [0.717, 1.165) is 44.8 Å². The van der Waals surface area contributed by atoms with Crippen LogP contribution in [0.5, 0.6) is 5.75 Å². The molecule has 1 aliphatic heterocycles. The Morgan fingerprint density at radius 1 is 1.36 bits per heavy atom. The lowest BCUT2D eigenvalue weighted by molar-refractivity contribution is -0.0504. The van der Waals surface area contributed by atoms with Gasteiger partial charge in [0, 0.05) is 38.3 Å². The molecule has 0 aliphatic carbocycles. The lowest BCUT2D eigenvalue weighted by atomic mass is 10.1. The number of nitrogens with one attached hydrogen (secondary N) is 2. The summed E-state index contributed by atoms with van der Waals surface area (Å²) in [5.41, 5.74) is 1.62. The highest BCUT2D eigenvalue weighted by Crippen LogP contribution is 2.23. The van der Waals surface area contributed by atoms with Crippen LogP contribution >= 0.6 is 0 Å². The van der Waals surface area contributed by atoms with Crippen molar-refractivity contribution in [2.75, 3.05) is 39.9 Å². The number of halogens is 2. The van der Waals surface area contributed by atoms with Gasteiger partial charge in [-0.3, -0.25) is 4.90 Å². The van der Waals surface area contributed by atoms with Crippen LogP contribution < -0.4 is 15.4 Å². The molecular formula is C20H32F2N4O2. The molecule has 1 unspecified atom stereocenters. The average Bonchev–Trinajstić information content (AvgIpc) is 3.11. The fraction of sp³-hybridized carbons (Fsp3) is 0.650. The van der Waals surface area contributed by atoms with Crippen molar-refractivity contribution < 1.29 is 18.3 Å². The van der Waals surface area contributed by atoms with E-state index in [1.807, 2.05) is 19.9 Å². The number of methoxy groups -OCH3 is 1. The third-order valence-corrected chi connectivity index (χ3v) is 4.77. The van der Waals surface area contributed by atoms with E-state index < -0.39 is 6.61 Å². The minimum atomic E-state index is -2.85. The van der Waals surface area contributed by atoms with Crippen molar-refractivity contribution in [3.8, 4) is 5.75 Å². The first-order valence-electron chi connectivity index (χ1n) is 9.83. The van der Waals surface area contributed by atoms with E-state index in [-0.39, 0.29) is 12.3 Å². The van der Waals surface area contributed by atoms with Crippen LogP contribution in [0.2, 0.25) is 0 Å². The van der Waals surface area contributed by atoms with Crippen LogP contribution in [0.1, 0.15) is 30.9 Å². The SMILES string of the molecule is CCNC(=NCc1cc(C)ccc1OC(F)F)NCC1CCCN1CCOC. The largest absolute Gasteiger partial charge is 0.434 e. The second kappa shape index (κ2) is 11.8. The van der Waals surface area contributed by atoms with Crippen LogP contribution in [0.3, 0.4) is 0 Å². The van der Waals surface area contributed by atoms with Crippen molar-refractivity contribution in [1.29, 1.82) is 0 Å². The number of guanidine groups is 1. The zero-order valence-electron chi connectivity index (χ0n) is 17.0. The van der Waals surface area contributed by atoms with Crippen molar-refractivity contribution >= 4 is 5.96 Å². The van der Waals surface area contributed by atoms with E-state index in [0.29, 0.717) is 17.6 Å². The number of likely N-dealkylation sites (tertiary alicyclic amines) is 1. The topological polar surface area (TPSA) is 58.1 Å². The molecule has 0 amide bonds. The summed E-state index contributed by atoms with van der Waals surface area (Å²) in [5, 5.41) is 6.60. The average molecular weight is 398 g/mol. The predicted molar refractivity (Wildman–Crippen MR) is 107 cm³/mol. The highest BCUT2D eigenvalue weighted by Gasteiger charge is 2.24. The van der Waals surface area contributed by atoms with Gasteiger partial charge in [-0.15, -0.1) is 0 Å². The molecule has 1 aliphatic rings. The van der Waals surface area contributed by atoms with Gasteiger partial charge in [0.1, 0.15) is 5.75 Å². The van der Waals surface area contributed by atoms with Crippen LogP contribution in [-0.4, -0.2) is 63.4 Å². The first-order valence-corrected chi connectivity index (χ1v) is 9.83. The Hall–Kier alpha value is -1.93. The van der Waals surface area contributed by atoms with Crippen molar-refractivity contribution in [3.05, 3.63) is 29.3 Å². The fourth-order valence-electron chi connectivity index (χ4n) is 3.39. The standard InChI is InChI=1S/C20H32F2N4O2/c1-4-23-20(25-14-17-6-5-9-26(17)10-11-27-3)24-13-16-12-15(2)7-8-18(16)28-19(21)22/h7-8,12,17,19H,4-6,9-11,13-14H2,1-3H3,(H2,23,24,25). The Morgan fingerprint density at radius 3 is 2.89 bits per heavy atom. The molecule has 1 saturated heterocycles. The van der Waals surface area contributed by atoms with Crippen molar-refractivity contribution in [2.24, 2.45) is 4.99 Å². The number of hydrogen-bond donors (Lipinski definition) is 2. The van der Waals surface area contributed by atoms with Gasteiger partial charge in [-0.05, 0) is 39.3 Å². The Morgan fingerprint density at radius 2 is 2.18 bits per heavy atom. The Labute approximate surface area is 166 Å². The molecule has 8 heteroatoms. The van der Waals surface area contributed by atoms with Crippen LogP contribution in [0, 0.1) is 6.92 Å². The molecule has 1 atom stereocenters. The smallest absolute Gasteiger partial charge is 0.387 e. The van der Waals surface area contributed by atoms with Gasteiger partial charge in [-0.1, -0.05) is 17.7 Å². The van der Waals surface area contributed by atoms with Crippen LogP contribution in [0.4, 0.5) is 8.78 Å². The number of rotatable bonds is 10. The minimum Gasteiger partial charge on any atom is -0.434 e. The molecule has 1 heterocycles. The summed E-state index contributed by atoms with van der Waals surface area (Å²) < 4.78 is 35.1. The van der Waals surface area contributed by atoms with E-state index >= 15 is 0 Å². The molecule has 2 rings (SSSR count). The van der Waals surface area contributed by atoms with Gasteiger partial charge in [0.2, 0.25) is 0 Å². The zero-order valence-corrected chi connectivity index (χ0v) is 17.0. The third-order valence-electron chi connectivity index (χ3n) is 4.77. The summed E-state index contributed by atoms with van der Waals surface area (Å²) in [4.78, 5) is 6.99. The van der Waals surface area contributed by atoms with Gasteiger partial charge < -0.3 is 20.1 Å². The van der Waals surface area contributed by atoms with Gasteiger partial charge in [0.15, 0.2) is 5.96 Å². The summed E-state index contributed by atoms with van der Waals surface area (Å²) in [6.07, 6.45) is 2.32. The molecule has 28 heavy (non-hydrogen) atoms.